The Kier molecular flexibility index (Phi) is 4.00. The lowest BCUT2D eigenvalue weighted by Gasteiger charge is -2.11. The van der Waals surface area contributed by atoms with Crippen LogP contribution in [-0.4, -0.2) is 12.1 Å². The molecule has 2 N–H and O–H groups in total. The summed E-state index contributed by atoms with van der Waals surface area (Å²) >= 11 is 0. The van der Waals surface area contributed by atoms with Crippen LogP contribution in [-0.2, 0) is 0 Å². The van der Waals surface area contributed by atoms with E-state index in [-0.39, 0.29) is 5.82 Å². The predicted molar refractivity (Wildman–Crippen MR) is 97.2 cm³/mol. The number of rotatable bonds is 2. The normalized spacial score (nSPS) is 14.2. The van der Waals surface area contributed by atoms with Crippen LogP contribution in [0.2, 0.25) is 0 Å². The van der Waals surface area contributed by atoms with Gasteiger partial charge in [0.05, 0.1) is 23.9 Å². The lowest BCUT2D eigenvalue weighted by Crippen LogP contribution is -2.03. The van der Waals surface area contributed by atoms with Crippen molar-refractivity contribution in [3.05, 3.63) is 57.8 Å². The summed E-state index contributed by atoms with van der Waals surface area (Å²) in [5.41, 5.74) is 11.5. The first-order valence-electron chi connectivity index (χ1n) is 7.69. The van der Waals surface area contributed by atoms with Crippen LogP contribution in [0.3, 0.4) is 0 Å². The Morgan fingerprint density at radius 2 is 1.96 bits per heavy atom. The van der Waals surface area contributed by atoms with Crippen molar-refractivity contribution in [1.29, 1.82) is 10.5 Å². The molecule has 1 aliphatic carbocycles. The van der Waals surface area contributed by atoms with Crippen molar-refractivity contribution < 1.29 is 4.74 Å². The van der Waals surface area contributed by atoms with E-state index in [2.05, 4.69) is 17.1 Å². The van der Waals surface area contributed by atoms with Crippen LogP contribution in [0, 0.1) is 29.6 Å². The number of nitrogen functional groups attached to an aromatic ring is 1. The summed E-state index contributed by atoms with van der Waals surface area (Å²) in [6.45, 7) is 3.72. The molecule has 0 unspecified atom stereocenters. The van der Waals surface area contributed by atoms with Crippen LogP contribution < -0.4 is 10.5 Å². The van der Waals surface area contributed by atoms with Crippen LogP contribution in [0.5, 0.6) is 5.75 Å². The fourth-order valence-corrected chi connectivity index (χ4v) is 3.09. The second-order valence-electron chi connectivity index (χ2n) is 5.78. The minimum atomic E-state index is 0.155. The zero-order valence-electron chi connectivity index (χ0n) is 14.2. The molecule has 25 heavy (non-hydrogen) atoms. The van der Waals surface area contributed by atoms with Gasteiger partial charge in [0.15, 0.2) is 0 Å². The average molecular weight is 328 g/mol. The van der Waals surface area contributed by atoms with E-state index in [0.717, 1.165) is 33.6 Å². The first-order chi connectivity index (χ1) is 12.0. The second kappa shape index (κ2) is 6.14. The third-order valence-electron chi connectivity index (χ3n) is 4.39. The molecule has 0 aliphatic heterocycles. The number of aromatic nitrogens is 1. The van der Waals surface area contributed by atoms with Gasteiger partial charge in [0.25, 0.3) is 0 Å². The van der Waals surface area contributed by atoms with Crippen molar-refractivity contribution in [2.24, 2.45) is 0 Å². The average Bonchev–Trinajstić information content (AvgIpc) is 2.86. The molecule has 0 saturated carbocycles. The number of fused-ring (bicyclic) bond motifs is 1. The molecule has 2 aromatic rings. The van der Waals surface area contributed by atoms with Gasteiger partial charge >= 0.3 is 0 Å². The Hall–Kier alpha value is -3.57. The number of ether oxygens (including phenoxy) is 1. The van der Waals surface area contributed by atoms with E-state index in [0.29, 0.717) is 16.8 Å². The van der Waals surface area contributed by atoms with Crippen LogP contribution in [0.1, 0.15) is 34.9 Å². The maximum absolute atomic E-state index is 9.56. The Labute approximate surface area is 146 Å². The molecule has 0 bridgehead atoms. The Morgan fingerprint density at radius 3 is 2.60 bits per heavy atom. The maximum Gasteiger partial charge on any atom is 0.142 e. The van der Waals surface area contributed by atoms with Gasteiger partial charge in [0, 0.05) is 5.56 Å². The van der Waals surface area contributed by atoms with Crippen LogP contribution in [0.4, 0.5) is 5.82 Å². The lowest BCUT2D eigenvalue weighted by atomic mass is 9.95. The van der Waals surface area contributed by atoms with Crippen molar-refractivity contribution >= 4 is 23.0 Å². The molecule has 0 fully saturated rings. The van der Waals surface area contributed by atoms with E-state index in [9.17, 15) is 10.5 Å². The standard InChI is InChI=1S/C20H16N4O/c1-11-15(8-13-5-4-6-14(7-13)25-3)18-12(2)17(10-22)20(23)24-19(18)16(11)9-21/h4-8H,1-3H3,(H2,23,24)/b15-8-. The quantitative estimate of drug-likeness (QED) is 0.906. The molecule has 1 aromatic carbocycles. The number of methoxy groups -OCH3 is 1. The molecule has 0 amide bonds. The van der Waals surface area contributed by atoms with E-state index in [1.54, 1.807) is 7.11 Å². The summed E-state index contributed by atoms with van der Waals surface area (Å²) < 4.78 is 5.27. The minimum absolute atomic E-state index is 0.155. The van der Waals surface area contributed by atoms with Crippen molar-refractivity contribution in [1.82, 2.24) is 4.98 Å². The Balaban J connectivity index is 2.30. The highest BCUT2D eigenvalue weighted by Gasteiger charge is 2.29. The number of nitriles is 2. The molecule has 1 heterocycles. The van der Waals surface area contributed by atoms with Crippen molar-refractivity contribution in [3.63, 3.8) is 0 Å². The van der Waals surface area contributed by atoms with Crippen molar-refractivity contribution in [2.75, 3.05) is 12.8 Å². The zero-order chi connectivity index (χ0) is 18.1. The highest BCUT2D eigenvalue weighted by molar-refractivity contribution is 6.08. The van der Waals surface area contributed by atoms with E-state index in [1.165, 1.54) is 0 Å². The summed E-state index contributed by atoms with van der Waals surface area (Å²) in [5, 5.41) is 18.9. The molecule has 1 aromatic heterocycles. The minimum Gasteiger partial charge on any atom is -0.497 e. The van der Waals surface area contributed by atoms with Crippen LogP contribution in [0.15, 0.2) is 29.8 Å². The molecule has 5 heteroatoms. The van der Waals surface area contributed by atoms with Gasteiger partial charge in [-0.1, -0.05) is 12.1 Å². The third kappa shape index (κ3) is 2.52. The summed E-state index contributed by atoms with van der Waals surface area (Å²) in [7, 11) is 1.62. The SMILES string of the molecule is COc1cccc(/C=C2/C(C)=C(C#N)c3nc(N)c(C#N)c(C)c32)c1. The molecule has 122 valence electrons. The van der Waals surface area contributed by atoms with Gasteiger partial charge in [-0.05, 0) is 54.3 Å². The zero-order valence-corrected chi connectivity index (χ0v) is 14.2. The molecule has 1 aliphatic rings. The fourth-order valence-electron chi connectivity index (χ4n) is 3.09. The smallest absolute Gasteiger partial charge is 0.142 e. The molecule has 0 saturated heterocycles. The van der Waals surface area contributed by atoms with E-state index < -0.39 is 0 Å². The number of anilines is 1. The highest BCUT2D eigenvalue weighted by Crippen LogP contribution is 2.44. The van der Waals surface area contributed by atoms with E-state index in [4.69, 9.17) is 10.5 Å². The first-order valence-corrected chi connectivity index (χ1v) is 7.69. The third-order valence-corrected chi connectivity index (χ3v) is 4.39. The molecule has 0 spiro atoms. The Bertz CT molecular complexity index is 1030. The number of hydrogen-bond donors (Lipinski definition) is 1. The topological polar surface area (TPSA) is 95.7 Å². The largest absolute Gasteiger partial charge is 0.497 e. The molecular formula is C20H16N4O. The van der Waals surface area contributed by atoms with Crippen molar-refractivity contribution in [2.45, 2.75) is 13.8 Å². The summed E-state index contributed by atoms with van der Waals surface area (Å²) in [5.74, 6) is 0.904. The predicted octanol–water partition coefficient (Wildman–Crippen LogP) is 3.70. The van der Waals surface area contributed by atoms with Gasteiger partial charge in [-0.15, -0.1) is 0 Å². The number of hydrogen-bond acceptors (Lipinski definition) is 5. The summed E-state index contributed by atoms with van der Waals surface area (Å²) in [4.78, 5) is 4.32. The molecule has 0 radical (unpaired) electrons. The first kappa shape index (κ1) is 16.3. The fraction of sp³-hybridized carbons (Fsp3) is 0.150. The number of allylic oxidation sites excluding steroid dienone is 3. The summed E-state index contributed by atoms with van der Waals surface area (Å²) in [6, 6.07) is 12.0. The van der Waals surface area contributed by atoms with Crippen LogP contribution in [0.25, 0.3) is 17.2 Å². The van der Waals surface area contributed by atoms with E-state index in [1.807, 2.05) is 44.2 Å². The lowest BCUT2D eigenvalue weighted by molar-refractivity contribution is 0.414. The monoisotopic (exact) mass is 328 g/mol. The highest BCUT2D eigenvalue weighted by atomic mass is 16.5. The number of nitrogens with zero attached hydrogens (tertiary/aromatic N) is 3. The number of benzene rings is 1. The Morgan fingerprint density at radius 1 is 1.20 bits per heavy atom. The second-order valence-corrected chi connectivity index (χ2v) is 5.78. The van der Waals surface area contributed by atoms with Gasteiger partial charge in [0.2, 0.25) is 0 Å². The van der Waals surface area contributed by atoms with Gasteiger partial charge in [-0.25, -0.2) is 4.98 Å². The number of pyridine rings is 1. The maximum atomic E-state index is 9.56. The van der Waals surface area contributed by atoms with Gasteiger partial charge in [-0.2, -0.15) is 10.5 Å². The van der Waals surface area contributed by atoms with Gasteiger partial charge < -0.3 is 10.5 Å². The molecule has 0 atom stereocenters. The van der Waals surface area contributed by atoms with E-state index >= 15 is 0 Å². The van der Waals surface area contributed by atoms with Crippen molar-refractivity contribution in [3.8, 4) is 17.9 Å². The molecular weight excluding hydrogens is 312 g/mol. The molecule has 3 rings (SSSR count). The molecule has 5 nitrogen and oxygen atoms in total. The van der Waals surface area contributed by atoms with Crippen LogP contribution >= 0.6 is 0 Å². The van der Waals surface area contributed by atoms with Gasteiger partial charge in [-0.3, -0.25) is 0 Å². The van der Waals surface area contributed by atoms with Gasteiger partial charge in [0.1, 0.15) is 23.7 Å². The number of nitrogens with two attached hydrogens (primary N) is 1. The summed E-state index contributed by atoms with van der Waals surface area (Å²) in [6.07, 6.45) is 1.98.